The van der Waals surface area contributed by atoms with Gasteiger partial charge in [-0.25, -0.2) is 0 Å². The second kappa shape index (κ2) is 8.39. The van der Waals surface area contributed by atoms with Crippen LogP contribution in [0, 0.1) is 20.8 Å². The average Bonchev–Trinajstić information content (AvgIpc) is 2.56. The number of hydrogen-bond donors (Lipinski definition) is 1. The Bertz CT molecular complexity index is 780. The first-order chi connectivity index (χ1) is 12.2. The molecule has 1 amide bonds. The van der Waals surface area contributed by atoms with Crippen LogP contribution in [0.15, 0.2) is 36.4 Å². The van der Waals surface area contributed by atoms with Gasteiger partial charge in [-0.05, 0) is 74.4 Å². The first-order valence-electron chi connectivity index (χ1n) is 9.33. The Balaban J connectivity index is 2.08. The van der Waals surface area contributed by atoms with Gasteiger partial charge in [-0.1, -0.05) is 44.2 Å². The summed E-state index contributed by atoms with van der Waals surface area (Å²) in [5.41, 5.74) is 5.84. The smallest absolute Gasteiger partial charge is 0.261 e. The third-order valence-electron chi connectivity index (χ3n) is 4.85. The van der Waals surface area contributed by atoms with E-state index in [9.17, 15) is 4.79 Å². The van der Waals surface area contributed by atoms with Crippen LogP contribution in [0.3, 0.4) is 0 Å². The molecular formula is C23H31NO2. The third-order valence-corrected chi connectivity index (χ3v) is 4.85. The van der Waals surface area contributed by atoms with Crippen LogP contribution in [-0.2, 0) is 4.79 Å². The molecule has 0 saturated heterocycles. The van der Waals surface area contributed by atoms with Crippen LogP contribution in [0.1, 0.15) is 67.5 Å². The van der Waals surface area contributed by atoms with Crippen molar-refractivity contribution in [3.63, 3.8) is 0 Å². The summed E-state index contributed by atoms with van der Waals surface area (Å²) < 4.78 is 6.02. The molecule has 0 heterocycles. The average molecular weight is 354 g/mol. The van der Waals surface area contributed by atoms with Crippen LogP contribution >= 0.6 is 0 Å². The summed E-state index contributed by atoms with van der Waals surface area (Å²) in [6, 6.07) is 12.4. The Morgan fingerprint density at radius 1 is 0.923 bits per heavy atom. The number of amides is 1. The van der Waals surface area contributed by atoms with Crippen molar-refractivity contribution < 1.29 is 9.53 Å². The maximum absolute atomic E-state index is 12.6. The molecule has 0 aliphatic rings. The van der Waals surface area contributed by atoms with Gasteiger partial charge in [0, 0.05) is 0 Å². The van der Waals surface area contributed by atoms with E-state index in [1.807, 2.05) is 19.9 Å². The van der Waals surface area contributed by atoms with Crippen LogP contribution in [0.5, 0.6) is 5.75 Å². The molecule has 26 heavy (non-hydrogen) atoms. The summed E-state index contributed by atoms with van der Waals surface area (Å²) >= 11 is 0. The molecule has 0 aliphatic carbocycles. The fourth-order valence-corrected chi connectivity index (χ4v) is 2.91. The van der Waals surface area contributed by atoms with E-state index in [2.05, 4.69) is 63.3 Å². The quantitative estimate of drug-likeness (QED) is 0.757. The SMILES string of the molecule is Cc1ccc(C(C)C)c(OC(C)C(=O)NC(C)c2ccc(C)c(C)c2)c1. The second-order valence-electron chi connectivity index (χ2n) is 7.53. The molecule has 2 unspecified atom stereocenters. The molecule has 0 saturated carbocycles. The van der Waals surface area contributed by atoms with E-state index < -0.39 is 6.10 Å². The highest BCUT2D eigenvalue weighted by Crippen LogP contribution is 2.28. The lowest BCUT2D eigenvalue weighted by atomic mass is 10.0. The van der Waals surface area contributed by atoms with Crippen LogP contribution in [0.25, 0.3) is 0 Å². The van der Waals surface area contributed by atoms with E-state index in [0.717, 1.165) is 22.4 Å². The van der Waals surface area contributed by atoms with Crippen molar-refractivity contribution >= 4 is 5.91 Å². The third kappa shape index (κ3) is 4.87. The molecule has 140 valence electrons. The molecule has 2 aromatic carbocycles. The van der Waals surface area contributed by atoms with Gasteiger partial charge in [0.2, 0.25) is 0 Å². The van der Waals surface area contributed by atoms with Crippen molar-refractivity contribution in [1.29, 1.82) is 0 Å². The highest BCUT2D eigenvalue weighted by molar-refractivity contribution is 5.81. The van der Waals surface area contributed by atoms with Crippen molar-refractivity contribution in [2.75, 3.05) is 0 Å². The molecular weight excluding hydrogens is 322 g/mol. The van der Waals surface area contributed by atoms with E-state index in [4.69, 9.17) is 4.74 Å². The molecule has 0 bridgehead atoms. The van der Waals surface area contributed by atoms with Gasteiger partial charge in [0.1, 0.15) is 5.75 Å². The van der Waals surface area contributed by atoms with Gasteiger partial charge in [0.25, 0.3) is 5.91 Å². The monoisotopic (exact) mass is 353 g/mol. The molecule has 3 heteroatoms. The van der Waals surface area contributed by atoms with Gasteiger partial charge in [0.05, 0.1) is 6.04 Å². The van der Waals surface area contributed by atoms with Crippen molar-refractivity contribution in [3.05, 3.63) is 64.2 Å². The summed E-state index contributed by atoms with van der Waals surface area (Å²) in [6.45, 7) is 14.3. The molecule has 2 aromatic rings. The maximum atomic E-state index is 12.6. The molecule has 0 spiro atoms. The zero-order valence-electron chi connectivity index (χ0n) is 17.0. The first kappa shape index (κ1) is 20.0. The Labute approximate surface area is 157 Å². The summed E-state index contributed by atoms with van der Waals surface area (Å²) in [7, 11) is 0. The lowest BCUT2D eigenvalue weighted by Crippen LogP contribution is -2.38. The highest BCUT2D eigenvalue weighted by atomic mass is 16.5. The largest absolute Gasteiger partial charge is 0.481 e. The van der Waals surface area contributed by atoms with Crippen LogP contribution in [0.2, 0.25) is 0 Å². The highest BCUT2D eigenvalue weighted by Gasteiger charge is 2.20. The van der Waals surface area contributed by atoms with Crippen molar-refractivity contribution in [2.45, 2.75) is 66.5 Å². The minimum atomic E-state index is -0.553. The Morgan fingerprint density at radius 3 is 2.23 bits per heavy atom. The van der Waals surface area contributed by atoms with Gasteiger partial charge in [0.15, 0.2) is 6.10 Å². The number of rotatable bonds is 6. The van der Waals surface area contributed by atoms with Gasteiger partial charge >= 0.3 is 0 Å². The molecule has 2 rings (SSSR count). The van der Waals surface area contributed by atoms with Crippen molar-refractivity contribution in [3.8, 4) is 5.75 Å². The predicted octanol–water partition coefficient (Wildman–Crippen LogP) is 5.38. The van der Waals surface area contributed by atoms with E-state index in [1.54, 1.807) is 6.92 Å². The van der Waals surface area contributed by atoms with E-state index in [0.29, 0.717) is 5.92 Å². The zero-order chi connectivity index (χ0) is 19.4. The number of carbonyl (C=O) groups is 1. The molecule has 0 aliphatic heterocycles. The molecule has 1 N–H and O–H groups in total. The lowest BCUT2D eigenvalue weighted by Gasteiger charge is -2.22. The number of aryl methyl sites for hydroxylation is 3. The molecule has 2 atom stereocenters. The standard InChI is InChI=1S/C23H31NO2/c1-14(2)21-11-8-15(3)12-22(21)26-19(7)23(25)24-18(6)20-10-9-16(4)17(5)13-20/h8-14,18-19H,1-7H3,(H,24,25). The van der Waals surface area contributed by atoms with Crippen molar-refractivity contribution in [1.82, 2.24) is 5.32 Å². The molecule has 0 aromatic heterocycles. The number of ether oxygens (including phenoxy) is 1. The lowest BCUT2D eigenvalue weighted by molar-refractivity contribution is -0.127. The predicted molar refractivity (Wildman–Crippen MR) is 108 cm³/mol. The second-order valence-corrected chi connectivity index (χ2v) is 7.53. The summed E-state index contributed by atoms with van der Waals surface area (Å²) in [5.74, 6) is 1.03. The normalized spacial score (nSPS) is 13.4. The van der Waals surface area contributed by atoms with Crippen LogP contribution < -0.4 is 10.1 Å². The van der Waals surface area contributed by atoms with Gasteiger partial charge < -0.3 is 10.1 Å². The van der Waals surface area contributed by atoms with E-state index in [-0.39, 0.29) is 11.9 Å². The molecule has 3 nitrogen and oxygen atoms in total. The Hall–Kier alpha value is -2.29. The summed E-state index contributed by atoms with van der Waals surface area (Å²) in [6.07, 6.45) is -0.553. The summed E-state index contributed by atoms with van der Waals surface area (Å²) in [5, 5.41) is 3.06. The first-order valence-corrected chi connectivity index (χ1v) is 9.33. The number of hydrogen-bond acceptors (Lipinski definition) is 2. The molecule has 0 fully saturated rings. The number of carbonyl (C=O) groups excluding carboxylic acids is 1. The maximum Gasteiger partial charge on any atom is 0.261 e. The van der Waals surface area contributed by atoms with Crippen LogP contribution in [-0.4, -0.2) is 12.0 Å². The zero-order valence-corrected chi connectivity index (χ0v) is 17.0. The summed E-state index contributed by atoms with van der Waals surface area (Å²) in [4.78, 5) is 12.6. The topological polar surface area (TPSA) is 38.3 Å². The minimum Gasteiger partial charge on any atom is -0.481 e. The van der Waals surface area contributed by atoms with E-state index in [1.165, 1.54) is 11.1 Å². The number of benzene rings is 2. The fourth-order valence-electron chi connectivity index (χ4n) is 2.91. The number of nitrogens with one attached hydrogen (secondary N) is 1. The van der Waals surface area contributed by atoms with Gasteiger partial charge in [-0.15, -0.1) is 0 Å². The van der Waals surface area contributed by atoms with Crippen molar-refractivity contribution in [2.24, 2.45) is 0 Å². The van der Waals surface area contributed by atoms with Crippen LogP contribution in [0.4, 0.5) is 0 Å². The minimum absolute atomic E-state index is 0.0603. The fraction of sp³-hybridized carbons (Fsp3) is 0.435. The van der Waals surface area contributed by atoms with E-state index >= 15 is 0 Å². The Morgan fingerprint density at radius 2 is 1.62 bits per heavy atom. The molecule has 0 radical (unpaired) electrons. The van der Waals surface area contributed by atoms with Gasteiger partial charge in [-0.2, -0.15) is 0 Å². The Kier molecular flexibility index (Phi) is 6.47. The van der Waals surface area contributed by atoms with Gasteiger partial charge in [-0.3, -0.25) is 4.79 Å².